The number of aliphatic hydroxyl groups excluding tert-OH is 1. The highest BCUT2D eigenvalue weighted by molar-refractivity contribution is 5.78. The molecular weight excluding hydrogens is 321 g/mol. The summed E-state index contributed by atoms with van der Waals surface area (Å²) in [7, 11) is 0. The number of rotatable bonds is 6. The monoisotopic (exact) mass is 343 g/mol. The van der Waals surface area contributed by atoms with Crippen molar-refractivity contribution in [2.24, 2.45) is 5.92 Å². The Kier molecular flexibility index (Phi) is 5.66. The summed E-state index contributed by atoms with van der Waals surface area (Å²) < 4.78 is 18.3. The molecule has 25 heavy (non-hydrogen) atoms. The van der Waals surface area contributed by atoms with Crippen LogP contribution in [0, 0.1) is 11.7 Å². The fourth-order valence-electron chi connectivity index (χ4n) is 3.11. The number of aliphatic hydroxyl groups is 1. The number of carbonyl (C=O) groups excluding carboxylic acids is 1. The van der Waals surface area contributed by atoms with Crippen molar-refractivity contribution >= 4 is 5.91 Å². The molecule has 0 spiro atoms. The van der Waals surface area contributed by atoms with Gasteiger partial charge >= 0.3 is 0 Å². The summed E-state index contributed by atoms with van der Waals surface area (Å²) in [5.41, 5.74) is 2.13. The van der Waals surface area contributed by atoms with E-state index in [0.717, 1.165) is 31.5 Å². The molecule has 1 amide bonds. The number of hydrogen-bond donors (Lipinski definition) is 1. The minimum Gasteiger partial charge on any atom is -0.484 e. The lowest BCUT2D eigenvalue weighted by Crippen LogP contribution is -2.33. The first-order valence-electron chi connectivity index (χ1n) is 8.49. The van der Waals surface area contributed by atoms with Crippen molar-refractivity contribution in [1.82, 2.24) is 4.90 Å². The number of ether oxygens (including phenoxy) is 1. The van der Waals surface area contributed by atoms with Crippen LogP contribution in [0.25, 0.3) is 0 Å². The molecule has 0 aromatic heterocycles. The van der Waals surface area contributed by atoms with Gasteiger partial charge in [-0.2, -0.15) is 0 Å². The van der Waals surface area contributed by atoms with Crippen molar-refractivity contribution in [2.45, 2.75) is 19.4 Å². The molecule has 2 aromatic carbocycles. The highest BCUT2D eigenvalue weighted by atomic mass is 19.1. The standard InChI is InChI=1S/C20H22FNO3/c21-18-5-7-19(8-6-18)25-14-20(24)22-10-9-17(12-22)11-15-1-3-16(13-23)4-2-15/h1-8,17,23H,9-14H2/t17-/m1/s1. The van der Waals surface area contributed by atoms with E-state index in [1.165, 1.54) is 29.8 Å². The number of benzene rings is 2. The van der Waals surface area contributed by atoms with E-state index in [1.807, 2.05) is 29.2 Å². The molecule has 4 nitrogen and oxygen atoms in total. The largest absolute Gasteiger partial charge is 0.484 e. The molecule has 3 rings (SSSR count). The van der Waals surface area contributed by atoms with Gasteiger partial charge in [0.05, 0.1) is 6.61 Å². The normalized spacial score (nSPS) is 16.9. The molecule has 0 unspecified atom stereocenters. The Hall–Kier alpha value is -2.40. The van der Waals surface area contributed by atoms with Crippen molar-refractivity contribution in [3.8, 4) is 5.75 Å². The summed E-state index contributed by atoms with van der Waals surface area (Å²) in [6, 6.07) is 13.6. The van der Waals surface area contributed by atoms with Gasteiger partial charge in [0.2, 0.25) is 0 Å². The summed E-state index contributed by atoms with van der Waals surface area (Å²) >= 11 is 0. The number of carbonyl (C=O) groups is 1. The first-order chi connectivity index (χ1) is 12.1. The Labute approximate surface area is 146 Å². The highest BCUT2D eigenvalue weighted by Gasteiger charge is 2.26. The second-order valence-corrected chi connectivity index (χ2v) is 6.42. The maximum absolute atomic E-state index is 12.9. The number of hydrogen-bond acceptors (Lipinski definition) is 3. The van der Waals surface area contributed by atoms with E-state index < -0.39 is 0 Å². The molecule has 0 radical (unpaired) electrons. The fraction of sp³-hybridized carbons (Fsp3) is 0.350. The quantitative estimate of drug-likeness (QED) is 0.877. The smallest absolute Gasteiger partial charge is 0.260 e. The molecule has 0 saturated carbocycles. The van der Waals surface area contributed by atoms with E-state index >= 15 is 0 Å². The second-order valence-electron chi connectivity index (χ2n) is 6.42. The molecule has 1 heterocycles. The number of likely N-dealkylation sites (tertiary alicyclic amines) is 1. The van der Waals surface area contributed by atoms with Gasteiger partial charge in [-0.3, -0.25) is 4.79 Å². The average Bonchev–Trinajstić information content (AvgIpc) is 3.10. The molecule has 5 heteroatoms. The highest BCUT2D eigenvalue weighted by Crippen LogP contribution is 2.21. The van der Waals surface area contributed by atoms with Crippen LogP contribution in [0.15, 0.2) is 48.5 Å². The molecule has 1 saturated heterocycles. The van der Waals surface area contributed by atoms with Gasteiger partial charge in [-0.05, 0) is 54.2 Å². The van der Waals surface area contributed by atoms with Crippen molar-refractivity contribution in [3.05, 3.63) is 65.5 Å². The Morgan fingerprint density at radius 3 is 2.48 bits per heavy atom. The van der Waals surface area contributed by atoms with Gasteiger partial charge < -0.3 is 14.7 Å². The Morgan fingerprint density at radius 1 is 1.12 bits per heavy atom. The van der Waals surface area contributed by atoms with Crippen LogP contribution >= 0.6 is 0 Å². The van der Waals surface area contributed by atoms with Crippen molar-refractivity contribution < 1.29 is 19.0 Å². The third-order valence-corrected chi connectivity index (χ3v) is 4.54. The van der Waals surface area contributed by atoms with Crippen LogP contribution in [-0.4, -0.2) is 35.6 Å². The van der Waals surface area contributed by atoms with Crippen molar-refractivity contribution in [1.29, 1.82) is 0 Å². The van der Waals surface area contributed by atoms with Gasteiger partial charge in [-0.1, -0.05) is 24.3 Å². The van der Waals surface area contributed by atoms with E-state index in [4.69, 9.17) is 9.84 Å². The Morgan fingerprint density at radius 2 is 1.80 bits per heavy atom. The Bertz CT molecular complexity index is 700. The van der Waals surface area contributed by atoms with E-state index in [1.54, 1.807) is 0 Å². The van der Waals surface area contributed by atoms with Gasteiger partial charge in [0, 0.05) is 13.1 Å². The number of halogens is 1. The van der Waals surface area contributed by atoms with Crippen LogP contribution in [0.5, 0.6) is 5.75 Å². The zero-order chi connectivity index (χ0) is 17.6. The van der Waals surface area contributed by atoms with Crippen LogP contribution in [0.3, 0.4) is 0 Å². The van der Waals surface area contributed by atoms with Gasteiger partial charge in [0.1, 0.15) is 11.6 Å². The summed E-state index contributed by atoms with van der Waals surface area (Å²) in [6.07, 6.45) is 1.90. The van der Waals surface area contributed by atoms with Gasteiger partial charge in [0.15, 0.2) is 6.61 Å². The first-order valence-corrected chi connectivity index (χ1v) is 8.49. The zero-order valence-electron chi connectivity index (χ0n) is 14.0. The predicted octanol–water partition coefficient (Wildman–Crippen LogP) is 2.79. The molecule has 1 aliphatic rings. The second kappa shape index (κ2) is 8.12. The van der Waals surface area contributed by atoms with Crippen LogP contribution in [0.2, 0.25) is 0 Å². The van der Waals surface area contributed by atoms with Gasteiger partial charge in [0.25, 0.3) is 5.91 Å². The third-order valence-electron chi connectivity index (χ3n) is 4.54. The first kappa shape index (κ1) is 17.4. The fourth-order valence-corrected chi connectivity index (χ4v) is 3.11. The van der Waals surface area contributed by atoms with Crippen molar-refractivity contribution in [2.75, 3.05) is 19.7 Å². The molecular formula is C20H22FNO3. The average molecular weight is 343 g/mol. The van der Waals surface area contributed by atoms with Crippen LogP contribution in [-0.2, 0) is 17.8 Å². The van der Waals surface area contributed by atoms with E-state index in [0.29, 0.717) is 11.7 Å². The van der Waals surface area contributed by atoms with E-state index in [9.17, 15) is 9.18 Å². The number of nitrogens with zero attached hydrogens (tertiary/aromatic N) is 1. The minimum atomic E-state index is -0.326. The lowest BCUT2D eigenvalue weighted by Gasteiger charge is -2.17. The zero-order valence-corrected chi connectivity index (χ0v) is 14.0. The van der Waals surface area contributed by atoms with Gasteiger partial charge in [-0.15, -0.1) is 0 Å². The molecule has 0 bridgehead atoms. The van der Waals surface area contributed by atoms with Crippen LogP contribution < -0.4 is 4.74 Å². The van der Waals surface area contributed by atoms with Crippen LogP contribution in [0.4, 0.5) is 4.39 Å². The lowest BCUT2D eigenvalue weighted by molar-refractivity contribution is -0.132. The summed E-state index contributed by atoms with van der Waals surface area (Å²) in [5.74, 6) is 0.569. The molecule has 132 valence electrons. The SMILES string of the molecule is O=C(COc1ccc(F)cc1)N1CC[C@H](Cc2ccc(CO)cc2)C1. The Balaban J connectivity index is 1.46. The van der Waals surface area contributed by atoms with Gasteiger partial charge in [-0.25, -0.2) is 4.39 Å². The molecule has 1 N–H and O–H groups in total. The third kappa shape index (κ3) is 4.79. The van der Waals surface area contributed by atoms with Crippen LogP contribution in [0.1, 0.15) is 17.5 Å². The maximum Gasteiger partial charge on any atom is 0.260 e. The summed E-state index contributed by atoms with van der Waals surface area (Å²) in [4.78, 5) is 14.1. The van der Waals surface area contributed by atoms with E-state index in [-0.39, 0.29) is 24.9 Å². The van der Waals surface area contributed by atoms with Crippen molar-refractivity contribution in [3.63, 3.8) is 0 Å². The molecule has 1 fully saturated rings. The maximum atomic E-state index is 12.9. The summed E-state index contributed by atoms with van der Waals surface area (Å²) in [6.45, 7) is 1.50. The van der Waals surface area contributed by atoms with E-state index in [2.05, 4.69) is 0 Å². The molecule has 1 aliphatic heterocycles. The topological polar surface area (TPSA) is 49.8 Å². The molecule has 1 atom stereocenters. The number of amides is 1. The molecule has 2 aromatic rings. The molecule has 0 aliphatic carbocycles. The minimum absolute atomic E-state index is 0.0243. The summed E-state index contributed by atoms with van der Waals surface area (Å²) in [5, 5.41) is 9.08. The predicted molar refractivity (Wildman–Crippen MR) is 92.7 cm³/mol. The lowest BCUT2D eigenvalue weighted by atomic mass is 9.98.